The Hall–Kier alpha value is -5.86. The van der Waals surface area contributed by atoms with Crippen LogP contribution < -0.4 is 0 Å². The molecule has 45 heavy (non-hydrogen) atoms. The smallest absolute Gasteiger partial charge is 0.0892 e. The highest BCUT2D eigenvalue weighted by molar-refractivity contribution is 6.16. The zero-order chi connectivity index (χ0) is 29.5. The lowest BCUT2D eigenvalue weighted by Gasteiger charge is -2.31. The van der Waals surface area contributed by atoms with Gasteiger partial charge in [0.05, 0.1) is 16.8 Å². The lowest BCUT2D eigenvalue weighted by Crippen LogP contribution is -2.26. The van der Waals surface area contributed by atoms with Gasteiger partial charge in [-0.25, -0.2) is 0 Å². The van der Waals surface area contributed by atoms with Crippen molar-refractivity contribution >= 4 is 21.5 Å². The topological polar surface area (TPSA) is 25.8 Å². The summed E-state index contributed by atoms with van der Waals surface area (Å²) >= 11 is 0. The maximum atomic E-state index is 4.72. The Morgan fingerprint density at radius 3 is 1.80 bits per heavy atom. The SMILES string of the molecule is c1ccc(-c2cc(-c3cc4c(c5ccccc35)-c3c(ccc5ccccc35)C43c4ccccc4-c4ccccc43)ccn2)nc1. The Morgan fingerprint density at radius 2 is 1.02 bits per heavy atom. The molecule has 0 atom stereocenters. The molecule has 0 aliphatic heterocycles. The van der Waals surface area contributed by atoms with E-state index in [-0.39, 0.29) is 0 Å². The van der Waals surface area contributed by atoms with Crippen molar-refractivity contribution in [3.05, 3.63) is 180 Å². The van der Waals surface area contributed by atoms with Gasteiger partial charge in [-0.15, -0.1) is 0 Å². The normalized spacial score (nSPS) is 13.5. The van der Waals surface area contributed by atoms with Gasteiger partial charge in [-0.05, 0) is 108 Å². The van der Waals surface area contributed by atoms with Crippen molar-refractivity contribution in [2.75, 3.05) is 0 Å². The molecular weight excluding hydrogens is 544 g/mol. The molecule has 2 aliphatic carbocycles. The summed E-state index contributed by atoms with van der Waals surface area (Å²) < 4.78 is 0. The van der Waals surface area contributed by atoms with Gasteiger partial charge >= 0.3 is 0 Å². The third-order valence-corrected chi connectivity index (χ3v) is 9.98. The molecule has 0 saturated carbocycles. The Kier molecular flexibility index (Phi) is 4.95. The molecule has 0 saturated heterocycles. The van der Waals surface area contributed by atoms with Crippen LogP contribution in [0.1, 0.15) is 22.3 Å². The second kappa shape index (κ2) is 9.07. The maximum absolute atomic E-state index is 4.72. The summed E-state index contributed by atoms with van der Waals surface area (Å²) in [4.78, 5) is 9.33. The molecule has 0 N–H and O–H groups in total. The molecule has 8 aromatic rings. The summed E-state index contributed by atoms with van der Waals surface area (Å²) in [7, 11) is 0. The lowest BCUT2D eigenvalue weighted by molar-refractivity contribution is 0.795. The van der Waals surface area contributed by atoms with E-state index in [0.29, 0.717) is 0 Å². The first-order chi connectivity index (χ1) is 22.3. The minimum atomic E-state index is -0.433. The number of rotatable bonds is 2. The van der Waals surface area contributed by atoms with E-state index >= 15 is 0 Å². The van der Waals surface area contributed by atoms with Crippen LogP contribution in [0.25, 0.3) is 66.3 Å². The molecule has 0 amide bonds. The molecule has 2 aliphatic rings. The zero-order valence-electron chi connectivity index (χ0n) is 24.4. The summed E-state index contributed by atoms with van der Waals surface area (Å²) in [5, 5.41) is 5.08. The summed E-state index contributed by atoms with van der Waals surface area (Å²) in [5.41, 5.74) is 14.4. The summed E-state index contributed by atoms with van der Waals surface area (Å²) in [6.07, 6.45) is 3.74. The second-order valence-corrected chi connectivity index (χ2v) is 12.1. The van der Waals surface area contributed by atoms with E-state index in [1.165, 1.54) is 71.6 Å². The van der Waals surface area contributed by atoms with Crippen molar-refractivity contribution < 1.29 is 0 Å². The molecule has 0 radical (unpaired) electrons. The third-order valence-electron chi connectivity index (χ3n) is 9.98. The minimum absolute atomic E-state index is 0.433. The molecule has 0 bridgehead atoms. The number of pyridine rings is 2. The summed E-state index contributed by atoms with van der Waals surface area (Å²) in [6, 6.07) is 53.4. The van der Waals surface area contributed by atoms with Crippen LogP contribution in [0.15, 0.2) is 158 Å². The average molecular weight is 571 g/mol. The molecular formula is C43H26N2. The first-order valence-electron chi connectivity index (χ1n) is 15.5. The van der Waals surface area contributed by atoms with Gasteiger partial charge in [0, 0.05) is 12.4 Å². The van der Waals surface area contributed by atoms with Crippen molar-refractivity contribution in [2.24, 2.45) is 0 Å². The van der Waals surface area contributed by atoms with Crippen LogP contribution in [-0.2, 0) is 5.41 Å². The molecule has 6 aromatic carbocycles. The predicted molar refractivity (Wildman–Crippen MR) is 184 cm³/mol. The van der Waals surface area contributed by atoms with E-state index in [2.05, 4.69) is 132 Å². The van der Waals surface area contributed by atoms with Crippen LogP contribution in [0.5, 0.6) is 0 Å². The fraction of sp³-hybridized carbons (Fsp3) is 0.0233. The second-order valence-electron chi connectivity index (χ2n) is 12.1. The number of aromatic nitrogens is 2. The highest BCUT2D eigenvalue weighted by Crippen LogP contribution is 2.65. The van der Waals surface area contributed by atoms with Crippen LogP contribution in [0.4, 0.5) is 0 Å². The van der Waals surface area contributed by atoms with Gasteiger partial charge in [0.15, 0.2) is 0 Å². The zero-order valence-corrected chi connectivity index (χ0v) is 24.4. The average Bonchev–Trinajstić information content (AvgIpc) is 3.59. The van der Waals surface area contributed by atoms with Crippen molar-refractivity contribution in [3.8, 4) is 44.8 Å². The van der Waals surface area contributed by atoms with E-state index in [1.807, 2.05) is 30.6 Å². The van der Waals surface area contributed by atoms with Gasteiger partial charge in [-0.3, -0.25) is 9.97 Å². The molecule has 2 heterocycles. The first kappa shape index (κ1) is 24.6. The summed E-state index contributed by atoms with van der Waals surface area (Å²) in [5.74, 6) is 0. The fourth-order valence-corrected chi connectivity index (χ4v) is 8.25. The lowest BCUT2D eigenvalue weighted by atomic mass is 9.70. The Balaban J connectivity index is 1.39. The van der Waals surface area contributed by atoms with Crippen molar-refractivity contribution in [3.63, 3.8) is 0 Å². The van der Waals surface area contributed by atoms with Crippen molar-refractivity contribution in [1.82, 2.24) is 9.97 Å². The number of fused-ring (bicyclic) bond motifs is 14. The molecule has 2 nitrogen and oxygen atoms in total. The third kappa shape index (κ3) is 3.18. The van der Waals surface area contributed by atoms with Gasteiger partial charge in [0.2, 0.25) is 0 Å². The van der Waals surface area contributed by atoms with E-state index in [1.54, 1.807) is 0 Å². The van der Waals surface area contributed by atoms with E-state index in [9.17, 15) is 0 Å². The van der Waals surface area contributed by atoms with Gasteiger partial charge in [0.25, 0.3) is 0 Å². The summed E-state index contributed by atoms with van der Waals surface area (Å²) in [6.45, 7) is 0. The van der Waals surface area contributed by atoms with Crippen molar-refractivity contribution in [2.45, 2.75) is 5.41 Å². The monoisotopic (exact) mass is 570 g/mol. The van der Waals surface area contributed by atoms with E-state index in [0.717, 1.165) is 17.0 Å². The highest BCUT2D eigenvalue weighted by Gasteiger charge is 2.52. The molecule has 1 spiro atoms. The Labute approximate surface area is 261 Å². The van der Waals surface area contributed by atoms with Crippen LogP contribution in [-0.4, -0.2) is 9.97 Å². The number of nitrogens with zero attached hydrogens (tertiary/aromatic N) is 2. The quantitative estimate of drug-likeness (QED) is 0.207. The number of benzene rings is 6. The molecule has 2 heteroatoms. The molecule has 0 fully saturated rings. The van der Waals surface area contributed by atoms with Crippen molar-refractivity contribution in [1.29, 1.82) is 0 Å². The molecule has 0 unspecified atom stereocenters. The van der Waals surface area contributed by atoms with Crippen LogP contribution in [0, 0.1) is 0 Å². The van der Waals surface area contributed by atoms with Crippen LogP contribution in [0.3, 0.4) is 0 Å². The molecule has 10 rings (SSSR count). The predicted octanol–water partition coefficient (Wildman–Crippen LogP) is 10.5. The van der Waals surface area contributed by atoms with Gasteiger partial charge in [0.1, 0.15) is 0 Å². The van der Waals surface area contributed by atoms with Crippen LogP contribution >= 0.6 is 0 Å². The van der Waals surface area contributed by atoms with Gasteiger partial charge in [-0.2, -0.15) is 0 Å². The number of hydrogen-bond acceptors (Lipinski definition) is 2. The maximum Gasteiger partial charge on any atom is 0.0892 e. The number of hydrogen-bond donors (Lipinski definition) is 0. The standard InChI is InChI=1S/C43H26N2/c1-2-12-29-27(11-1)20-21-37-41(29)42-33-16-4-3-13-30(33)34(28-22-24-45-40(25-28)39-19-9-10-23-44-39)26-38(42)43(37)35-17-7-5-14-31(35)32-15-6-8-18-36(32)43/h1-26H. The molecule has 2 aromatic heterocycles. The van der Waals surface area contributed by atoms with E-state index in [4.69, 9.17) is 4.98 Å². The van der Waals surface area contributed by atoms with E-state index < -0.39 is 5.41 Å². The van der Waals surface area contributed by atoms with Gasteiger partial charge in [-0.1, -0.05) is 115 Å². The highest BCUT2D eigenvalue weighted by atomic mass is 14.8. The van der Waals surface area contributed by atoms with Gasteiger partial charge < -0.3 is 0 Å². The molecule has 208 valence electrons. The first-order valence-corrected chi connectivity index (χ1v) is 15.5. The Morgan fingerprint density at radius 1 is 0.378 bits per heavy atom. The fourth-order valence-electron chi connectivity index (χ4n) is 8.25. The van der Waals surface area contributed by atoms with Crippen LogP contribution in [0.2, 0.25) is 0 Å². The minimum Gasteiger partial charge on any atom is -0.255 e. The Bertz CT molecular complexity index is 2450. The largest absolute Gasteiger partial charge is 0.255 e.